The van der Waals surface area contributed by atoms with Gasteiger partial charge in [0, 0.05) is 25.7 Å². The van der Waals surface area contributed by atoms with Crippen LogP contribution < -0.4 is 5.32 Å². The molecule has 4 heteroatoms. The number of fused-ring (bicyclic) bond motifs is 1. The van der Waals surface area contributed by atoms with Crippen molar-refractivity contribution >= 4 is 6.09 Å². The number of nitrogens with zero attached hydrogens (tertiary/aromatic N) is 1. The van der Waals surface area contributed by atoms with Crippen LogP contribution in [-0.2, 0) is 11.3 Å². The summed E-state index contributed by atoms with van der Waals surface area (Å²) in [5.41, 5.74) is 1.03. The summed E-state index contributed by atoms with van der Waals surface area (Å²) in [6, 6.07) is 10.4. The van der Waals surface area contributed by atoms with Gasteiger partial charge in [-0.15, -0.1) is 0 Å². The van der Waals surface area contributed by atoms with Gasteiger partial charge in [-0.25, -0.2) is 4.79 Å². The maximum Gasteiger partial charge on any atom is 0.410 e. The number of carbonyl (C=O) groups excluding carboxylic acids is 1. The van der Waals surface area contributed by atoms with E-state index in [2.05, 4.69) is 5.32 Å². The van der Waals surface area contributed by atoms with Gasteiger partial charge in [-0.2, -0.15) is 0 Å². The van der Waals surface area contributed by atoms with E-state index in [-0.39, 0.29) is 6.09 Å². The van der Waals surface area contributed by atoms with Gasteiger partial charge in [0.25, 0.3) is 0 Å². The number of amides is 1. The van der Waals surface area contributed by atoms with E-state index in [9.17, 15) is 4.79 Å². The van der Waals surface area contributed by atoms with Crippen molar-refractivity contribution in [2.45, 2.75) is 19.1 Å². The first-order valence-electron chi connectivity index (χ1n) is 6.52. The molecule has 1 N–H and O–H groups in total. The summed E-state index contributed by atoms with van der Waals surface area (Å²) < 4.78 is 5.35. The Hall–Kier alpha value is -1.55. The van der Waals surface area contributed by atoms with Crippen molar-refractivity contribution in [2.75, 3.05) is 19.6 Å². The van der Waals surface area contributed by atoms with Gasteiger partial charge < -0.3 is 15.0 Å². The van der Waals surface area contributed by atoms with Crippen LogP contribution in [0.5, 0.6) is 0 Å². The largest absolute Gasteiger partial charge is 0.445 e. The van der Waals surface area contributed by atoms with Crippen LogP contribution in [0.4, 0.5) is 4.79 Å². The first-order chi connectivity index (χ1) is 8.83. The van der Waals surface area contributed by atoms with Crippen LogP contribution in [0, 0.1) is 5.92 Å². The minimum absolute atomic E-state index is 0.187. The van der Waals surface area contributed by atoms with Crippen molar-refractivity contribution in [1.29, 1.82) is 0 Å². The summed E-state index contributed by atoms with van der Waals surface area (Å²) in [5.74, 6) is 0.636. The summed E-state index contributed by atoms with van der Waals surface area (Å²) >= 11 is 0. The molecule has 3 rings (SSSR count). The monoisotopic (exact) mass is 246 g/mol. The molecular formula is C14H18N2O2. The van der Waals surface area contributed by atoms with Crippen molar-refractivity contribution in [3.63, 3.8) is 0 Å². The average molecular weight is 246 g/mol. The quantitative estimate of drug-likeness (QED) is 0.862. The van der Waals surface area contributed by atoms with Crippen LogP contribution in [0.3, 0.4) is 0 Å². The summed E-state index contributed by atoms with van der Waals surface area (Å²) in [4.78, 5) is 13.8. The zero-order valence-electron chi connectivity index (χ0n) is 10.3. The summed E-state index contributed by atoms with van der Waals surface area (Å²) in [7, 11) is 0. The first-order valence-corrected chi connectivity index (χ1v) is 6.52. The van der Waals surface area contributed by atoms with Crippen LogP contribution in [0.25, 0.3) is 0 Å². The standard InChI is InChI=1S/C14H18N2O2/c17-14(18-10-11-4-2-1-3-5-11)16-7-6-15-13-8-12(13)9-16/h1-5,12-13,15H,6-10H2. The van der Waals surface area contributed by atoms with E-state index in [0.29, 0.717) is 18.6 Å². The van der Waals surface area contributed by atoms with E-state index in [1.54, 1.807) is 0 Å². The minimum Gasteiger partial charge on any atom is -0.445 e. The van der Waals surface area contributed by atoms with Gasteiger partial charge in [0.1, 0.15) is 6.61 Å². The van der Waals surface area contributed by atoms with E-state index in [0.717, 1.165) is 25.2 Å². The van der Waals surface area contributed by atoms with Crippen LogP contribution in [0.2, 0.25) is 0 Å². The fourth-order valence-electron chi connectivity index (χ4n) is 2.44. The second-order valence-electron chi connectivity index (χ2n) is 5.04. The normalized spacial score (nSPS) is 26.1. The molecule has 0 radical (unpaired) electrons. The van der Waals surface area contributed by atoms with E-state index in [1.165, 1.54) is 6.42 Å². The highest BCUT2D eigenvalue weighted by molar-refractivity contribution is 5.67. The first kappa shape index (κ1) is 11.5. The number of rotatable bonds is 2. The van der Waals surface area contributed by atoms with Crippen molar-refractivity contribution in [3.05, 3.63) is 35.9 Å². The van der Waals surface area contributed by atoms with E-state index >= 15 is 0 Å². The van der Waals surface area contributed by atoms with Crippen LogP contribution in [0.1, 0.15) is 12.0 Å². The number of ether oxygens (including phenoxy) is 1. The smallest absolute Gasteiger partial charge is 0.410 e. The molecule has 2 aliphatic rings. The predicted molar refractivity (Wildman–Crippen MR) is 68.1 cm³/mol. The maximum absolute atomic E-state index is 12.0. The van der Waals surface area contributed by atoms with E-state index in [1.807, 2.05) is 35.2 Å². The average Bonchev–Trinajstić information content (AvgIpc) is 3.14. The summed E-state index contributed by atoms with van der Waals surface area (Å²) in [5, 5.41) is 3.43. The number of hydrogen-bond donors (Lipinski definition) is 1. The van der Waals surface area contributed by atoms with Gasteiger partial charge in [0.2, 0.25) is 0 Å². The van der Waals surface area contributed by atoms with Gasteiger partial charge in [-0.3, -0.25) is 0 Å². The molecule has 1 heterocycles. The Balaban J connectivity index is 1.51. The third-order valence-corrected chi connectivity index (χ3v) is 3.63. The predicted octanol–water partition coefficient (Wildman–Crippen LogP) is 1.62. The lowest BCUT2D eigenvalue weighted by molar-refractivity contribution is 0.0965. The van der Waals surface area contributed by atoms with Crippen LogP contribution >= 0.6 is 0 Å². The Kier molecular flexibility index (Phi) is 3.19. The highest BCUT2D eigenvalue weighted by Crippen LogP contribution is 2.32. The molecule has 2 unspecified atom stereocenters. The van der Waals surface area contributed by atoms with Crippen molar-refractivity contribution in [3.8, 4) is 0 Å². The number of hydrogen-bond acceptors (Lipinski definition) is 3. The van der Waals surface area contributed by atoms with E-state index in [4.69, 9.17) is 4.74 Å². The zero-order valence-corrected chi connectivity index (χ0v) is 10.3. The molecule has 18 heavy (non-hydrogen) atoms. The third-order valence-electron chi connectivity index (χ3n) is 3.63. The highest BCUT2D eigenvalue weighted by Gasteiger charge is 2.40. The van der Waals surface area contributed by atoms with Crippen molar-refractivity contribution in [2.24, 2.45) is 5.92 Å². The fraction of sp³-hybridized carbons (Fsp3) is 0.500. The molecule has 96 valence electrons. The van der Waals surface area contributed by atoms with Crippen molar-refractivity contribution in [1.82, 2.24) is 10.2 Å². The molecule has 2 atom stereocenters. The highest BCUT2D eigenvalue weighted by atomic mass is 16.6. The molecule has 4 nitrogen and oxygen atoms in total. The third kappa shape index (κ3) is 2.64. The van der Waals surface area contributed by atoms with Gasteiger partial charge >= 0.3 is 6.09 Å². The second-order valence-corrected chi connectivity index (χ2v) is 5.04. The maximum atomic E-state index is 12.0. The fourth-order valence-corrected chi connectivity index (χ4v) is 2.44. The molecule has 2 fully saturated rings. The SMILES string of the molecule is O=C(OCc1ccccc1)N1CCNC2CC2C1. The molecule has 1 saturated heterocycles. The lowest BCUT2D eigenvalue weighted by Crippen LogP contribution is -2.36. The van der Waals surface area contributed by atoms with E-state index < -0.39 is 0 Å². The van der Waals surface area contributed by atoms with Gasteiger partial charge in [0.05, 0.1) is 0 Å². The van der Waals surface area contributed by atoms with Crippen LogP contribution in [-0.4, -0.2) is 36.7 Å². The molecule has 1 aromatic carbocycles. The molecule has 1 aliphatic heterocycles. The Bertz CT molecular complexity index is 421. The second kappa shape index (κ2) is 4.98. The lowest BCUT2D eigenvalue weighted by atomic mass is 10.2. The molecule has 0 aromatic heterocycles. The minimum atomic E-state index is -0.187. The van der Waals surface area contributed by atoms with Gasteiger partial charge in [-0.05, 0) is 17.9 Å². The molecule has 1 saturated carbocycles. The van der Waals surface area contributed by atoms with Gasteiger partial charge in [0.15, 0.2) is 0 Å². The Morgan fingerprint density at radius 1 is 1.39 bits per heavy atom. The Morgan fingerprint density at radius 3 is 3.06 bits per heavy atom. The molecule has 0 bridgehead atoms. The zero-order chi connectivity index (χ0) is 12.4. The molecule has 1 aromatic rings. The molecule has 0 spiro atoms. The number of nitrogens with one attached hydrogen (secondary N) is 1. The summed E-state index contributed by atoms with van der Waals surface area (Å²) in [6.45, 7) is 2.82. The number of benzene rings is 1. The Labute approximate surface area is 107 Å². The Morgan fingerprint density at radius 2 is 2.22 bits per heavy atom. The topological polar surface area (TPSA) is 41.6 Å². The lowest BCUT2D eigenvalue weighted by Gasteiger charge is -2.20. The molecular weight excluding hydrogens is 228 g/mol. The number of carbonyl (C=O) groups is 1. The molecule has 1 amide bonds. The molecule has 1 aliphatic carbocycles. The van der Waals surface area contributed by atoms with Crippen LogP contribution in [0.15, 0.2) is 30.3 Å². The van der Waals surface area contributed by atoms with Gasteiger partial charge in [-0.1, -0.05) is 30.3 Å². The van der Waals surface area contributed by atoms with Crippen molar-refractivity contribution < 1.29 is 9.53 Å². The summed E-state index contributed by atoms with van der Waals surface area (Å²) in [6.07, 6.45) is 1.01.